The van der Waals surface area contributed by atoms with Crippen LogP contribution in [0.5, 0.6) is 0 Å². The summed E-state index contributed by atoms with van der Waals surface area (Å²) in [6.45, 7) is 4.18. The van der Waals surface area contributed by atoms with Crippen molar-refractivity contribution >= 4 is 33.4 Å². The van der Waals surface area contributed by atoms with Crippen molar-refractivity contribution in [3.63, 3.8) is 0 Å². The fourth-order valence-electron chi connectivity index (χ4n) is 3.61. The van der Waals surface area contributed by atoms with E-state index in [2.05, 4.69) is 20.5 Å². The van der Waals surface area contributed by atoms with Crippen LogP contribution in [0.15, 0.2) is 58.6 Å². The first-order chi connectivity index (χ1) is 14.9. The van der Waals surface area contributed by atoms with Crippen molar-refractivity contribution in [2.24, 2.45) is 0 Å². The molecule has 3 aromatic rings. The summed E-state index contributed by atoms with van der Waals surface area (Å²) in [6, 6.07) is 13.4. The van der Waals surface area contributed by atoms with Crippen LogP contribution in [0.25, 0.3) is 0 Å². The molecule has 2 aromatic carbocycles. The van der Waals surface area contributed by atoms with Crippen LogP contribution >= 0.6 is 11.8 Å². The van der Waals surface area contributed by atoms with Crippen LogP contribution in [0.2, 0.25) is 0 Å². The SMILES string of the molecule is Cc1nc(SCCNC(=O)c2ccc3c(c2)C[C@H](C)N3S(=O)(=O)c2ccccc2)n[nH]1. The summed E-state index contributed by atoms with van der Waals surface area (Å²) in [7, 11) is -3.66. The Hall–Kier alpha value is -2.85. The molecule has 0 radical (unpaired) electrons. The fourth-order valence-corrected chi connectivity index (χ4v) is 6.02. The quantitative estimate of drug-likeness (QED) is 0.417. The van der Waals surface area contributed by atoms with Gasteiger partial charge in [0.2, 0.25) is 5.16 Å². The molecule has 31 heavy (non-hydrogen) atoms. The minimum Gasteiger partial charge on any atom is -0.351 e. The maximum Gasteiger partial charge on any atom is 0.264 e. The molecule has 0 fully saturated rings. The van der Waals surface area contributed by atoms with Gasteiger partial charge in [-0.25, -0.2) is 13.4 Å². The molecule has 8 nitrogen and oxygen atoms in total. The van der Waals surface area contributed by atoms with E-state index in [1.165, 1.54) is 16.1 Å². The van der Waals surface area contributed by atoms with Gasteiger partial charge in [0.05, 0.1) is 10.6 Å². The third kappa shape index (κ3) is 4.45. The Morgan fingerprint density at radius 1 is 1.26 bits per heavy atom. The number of benzene rings is 2. The number of aromatic nitrogens is 3. The number of fused-ring (bicyclic) bond motifs is 1. The predicted octanol–water partition coefficient (Wildman–Crippen LogP) is 2.78. The van der Waals surface area contributed by atoms with Crippen LogP contribution in [0.1, 0.15) is 28.7 Å². The first-order valence-electron chi connectivity index (χ1n) is 9.88. The van der Waals surface area contributed by atoms with Gasteiger partial charge in [-0.05, 0) is 56.2 Å². The normalized spacial score (nSPS) is 15.7. The summed E-state index contributed by atoms with van der Waals surface area (Å²) in [6.07, 6.45) is 0.558. The lowest BCUT2D eigenvalue weighted by Crippen LogP contribution is -2.35. The Balaban J connectivity index is 1.44. The van der Waals surface area contributed by atoms with E-state index in [1.54, 1.807) is 48.5 Å². The van der Waals surface area contributed by atoms with Crippen LogP contribution in [0.4, 0.5) is 5.69 Å². The van der Waals surface area contributed by atoms with Gasteiger partial charge in [0, 0.05) is 23.9 Å². The van der Waals surface area contributed by atoms with Gasteiger partial charge in [0.1, 0.15) is 5.82 Å². The molecule has 10 heteroatoms. The van der Waals surface area contributed by atoms with Crippen molar-refractivity contribution in [2.75, 3.05) is 16.6 Å². The molecule has 0 spiro atoms. The molecule has 1 aromatic heterocycles. The van der Waals surface area contributed by atoms with E-state index in [4.69, 9.17) is 0 Å². The van der Waals surface area contributed by atoms with Gasteiger partial charge in [0.25, 0.3) is 15.9 Å². The van der Waals surface area contributed by atoms with Crippen molar-refractivity contribution in [3.8, 4) is 0 Å². The molecule has 0 saturated carbocycles. The van der Waals surface area contributed by atoms with Crippen molar-refractivity contribution in [1.29, 1.82) is 0 Å². The van der Waals surface area contributed by atoms with E-state index >= 15 is 0 Å². The lowest BCUT2D eigenvalue weighted by atomic mass is 10.1. The molecular formula is C21H23N5O3S2. The second kappa shape index (κ2) is 8.72. The number of carbonyl (C=O) groups excluding carboxylic acids is 1. The Labute approximate surface area is 185 Å². The van der Waals surface area contributed by atoms with Gasteiger partial charge in [-0.15, -0.1) is 5.10 Å². The average molecular weight is 458 g/mol. The van der Waals surface area contributed by atoms with Crippen molar-refractivity contribution in [2.45, 2.75) is 36.4 Å². The molecule has 162 valence electrons. The number of hydrogen-bond donors (Lipinski definition) is 2. The van der Waals surface area contributed by atoms with Gasteiger partial charge in [-0.3, -0.25) is 14.2 Å². The topological polar surface area (TPSA) is 108 Å². The molecule has 1 amide bonds. The maximum atomic E-state index is 13.2. The third-order valence-electron chi connectivity index (χ3n) is 4.99. The van der Waals surface area contributed by atoms with Crippen LogP contribution in [-0.4, -0.2) is 47.8 Å². The van der Waals surface area contributed by atoms with Gasteiger partial charge in [-0.2, -0.15) is 0 Å². The van der Waals surface area contributed by atoms with E-state index < -0.39 is 10.0 Å². The number of sulfonamides is 1. The molecule has 4 rings (SSSR count). The first kappa shape index (κ1) is 21.4. The number of rotatable bonds is 7. The summed E-state index contributed by atoms with van der Waals surface area (Å²) in [4.78, 5) is 17.0. The van der Waals surface area contributed by atoms with Gasteiger partial charge < -0.3 is 5.32 Å². The molecule has 0 aliphatic carbocycles. The van der Waals surface area contributed by atoms with Gasteiger partial charge >= 0.3 is 0 Å². The van der Waals surface area contributed by atoms with E-state index in [0.29, 0.717) is 35.1 Å². The Morgan fingerprint density at radius 2 is 2.03 bits per heavy atom. The monoisotopic (exact) mass is 457 g/mol. The molecule has 1 aliphatic rings. The number of thioether (sulfide) groups is 1. The minimum atomic E-state index is -3.66. The summed E-state index contributed by atoms with van der Waals surface area (Å²) in [5.74, 6) is 1.21. The summed E-state index contributed by atoms with van der Waals surface area (Å²) >= 11 is 1.46. The van der Waals surface area contributed by atoms with Crippen LogP contribution in [0.3, 0.4) is 0 Å². The highest BCUT2D eigenvalue weighted by atomic mass is 32.2. The zero-order chi connectivity index (χ0) is 22.0. The number of hydrogen-bond acceptors (Lipinski definition) is 6. The molecule has 1 aliphatic heterocycles. The highest BCUT2D eigenvalue weighted by Gasteiger charge is 2.36. The number of amides is 1. The van der Waals surface area contributed by atoms with Crippen molar-refractivity contribution in [1.82, 2.24) is 20.5 Å². The highest BCUT2D eigenvalue weighted by molar-refractivity contribution is 7.99. The van der Waals surface area contributed by atoms with Crippen molar-refractivity contribution < 1.29 is 13.2 Å². The summed E-state index contributed by atoms with van der Waals surface area (Å²) in [5.41, 5.74) is 2.00. The molecule has 0 bridgehead atoms. The van der Waals surface area contributed by atoms with E-state index in [9.17, 15) is 13.2 Å². The Morgan fingerprint density at radius 3 is 2.74 bits per heavy atom. The Bertz CT molecular complexity index is 1190. The maximum absolute atomic E-state index is 13.2. The van der Waals surface area contributed by atoms with Gasteiger partial charge in [-0.1, -0.05) is 30.0 Å². The number of carbonyl (C=O) groups is 1. The number of H-pyrrole nitrogens is 1. The smallest absolute Gasteiger partial charge is 0.264 e. The predicted molar refractivity (Wildman–Crippen MR) is 120 cm³/mol. The van der Waals surface area contributed by atoms with Crippen molar-refractivity contribution in [3.05, 3.63) is 65.5 Å². The summed E-state index contributed by atoms with van der Waals surface area (Å²) < 4.78 is 27.8. The molecule has 0 unspecified atom stereocenters. The van der Waals surface area contributed by atoms with Crippen LogP contribution < -0.4 is 9.62 Å². The highest BCUT2D eigenvalue weighted by Crippen LogP contribution is 2.37. The van der Waals surface area contributed by atoms with Gasteiger partial charge in [0.15, 0.2) is 0 Å². The number of nitrogens with one attached hydrogen (secondary N) is 2. The van der Waals surface area contributed by atoms with E-state index in [-0.39, 0.29) is 16.8 Å². The average Bonchev–Trinajstić information content (AvgIpc) is 3.33. The number of nitrogens with zero attached hydrogens (tertiary/aromatic N) is 3. The fraction of sp³-hybridized carbons (Fsp3) is 0.286. The number of anilines is 1. The second-order valence-electron chi connectivity index (χ2n) is 7.32. The zero-order valence-electron chi connectivity index (χ0n) is 17.2. The second-order valence-corrected chi connectivity index (χ2v) is 10.2. The molecule has 0 saturated heterocycles. The lowest BCUT2D eigenvalue weighted by Gasteiger charge is -2.24. The summed E-state index contributed by atoms with van der Waals surface area (Å²) in [5, 5.41) is 10.4. The van der Waals surface area contributed by atoms with E-state index in [1.807, 2.05) is 13.8 Å². The number of aromatic amines is 1. The number of aryl methyl sites for hydroxylation is 1. The van der Waals surface area contributed by atoms with Crippen LogP contribution in [-0.2, 0) is 16.4 Å². The lowest BCUT2D eigenvalue weighted by molar-refractivity contribution is 0.0956. The zero-order valence-corrected chi connectivity index (χ0v) is 18.8. The standard InChI is InChI=1S/C21H23N5O3S2/c1-14-12-17-13-16(20(27)22-10-11-30-21-23-15(2)24-25-21)8-9-19(17)26(14)31(28,29)18-6-4-3-5-7-18/h3-9,13-14H,10-12H2,1-2H3,(H,22,27)(H,23,24,25)/t14-/m0/s1. The van der Waals surface area contributed by atoms with Crippen LogP contribution in [0, 0.1) is 6.92 Å². The first-order valence-corrected chi connectivity index (χ1v) is 12.3. The molecular weight excluding hydrogens is 434 g/mol. The molecule has 2 heterocycles. The largest absolute Gasteiger partial charge is 0.351 e. The third-order valence-corrected chi connectivity index (χ3v) is 7.78. The van der Waals surface area contributed by atoms with E-state index in [0.717, 1.165) is 11.4 Å². The molecule has 2 N–H and O–H groups in total. The minimum absolute atomic E-state index is 0.188. The molecule has 1 atom stereocenters. The Kier molecular flexibility index (Phi) is 6.01.